The minimum Gasteiger partial charge on any atom is -0.493 e. The Morgan fingerprint density at radius 3 is 2.18 bits per heavy atom. The molecule has 7 nitrogen and oxygen atoms in total. The molecule has 0 aliphatic carbocycles. The first-order valence-electron chi connectivity index (χ1n) is 8.82. The van der Waals surface area contributed by atoms with E-state index in [1.54, 1.807) is 24.3 Å². The summed E-state index contributed by atoms with van der Waals surface area (Å²) < 4.78 is 36.4. The van der Waals surface area contributed by atoms with E-state index in [0.29, 0.717) is 22.9 Å². The van der Waals surface area contributed by atoms with Gasteiger partial charge in [0.15, 0.2) is 11.5 Å². The van der Waals surface area contributed by atoms with E-state index in [0.717, 1.165) is 22.5 Å². The van der Waals surface area contributed by atoms with Crippen LogP contribution in [0.15, 0.2) is 42.5 Å². The van der Waals surface area contributed by atoms with Crippen molar-refractivity contribution in [3.8, 4) is 11.5 Å². The number of methoxy groups -OCH3 is 2. The van der Waals surface area contributed by atoms with Gasteiger partial charge < -0.3 is 14.8 Å². The number of hydrogen-bond acceptors (Lipinski definition) is 5. The lowest BCUT2D eigenvalue weighted by molar-refractivity contribution is -0.116. The van der Waals surface area contributed by atoms with Crippen LogP contribution in [0.4, 0.5) is 11.4 Å². The molecular formula is C20H26N2O5S. The quantitative estimate of drug-likeness (QED) is 0.728. The average molecular weight is 407 g/mol. The van der Waals surface area contributed by atoms with Crippen LogP contribution in [0.5, 0.6) is 11.5 Å². The molecule has 28 heavy (non-hydrogen) atoms. The molecule has 8 heteroatoms. The molecule has 0 aliphatic heterocycles. The number of carbonyl (C=O) groups is 1. The first-order valence-corrected chi connectivity index (χ1v) is 10.7. The second-order valence-electron chi connectivity index (χ2n) is 6.31. The Kier molecular flexibility index (Phi) is 6.90. The third-order valence-corrected chi connectivity index (χ3v) is 5.58. The second-order valence-corrected chi connectivity index (χ2v) is 8.17. The van der Waals surface area contributed by atoms with Crippen LogP contribution < -0.4 is 19.1 Å². The van der Waals surface area contributed by atoms with Gasteiger partial charge in [-0.05, 0) is 43.2 Å². The van der Waals surface area contributed by atoms with Crippen molar-refractivity contribution in [3.63, 3.8) is 0 Å². The molecule has 2 aromatic carbocycles. The number of ether oxygens (including phenoxy) is 2. The van der Waals surface area contributed by atoms with Crippen molar-refractivity contribution < 1.29 is 22.7 Å². The van der Waals surface area contributed by atoms with Crippen molar-refractivity contribution in [1.29, 1.82) is 0 Å². The molecule has 0 aromatic heterocycles. The monoisotopic (exact) mass is 406 g/mol. The number of nitrogens with one attached hydrogen (secondary N) is 1. The Bertz CT molecular complexity index is 926. The Balaban J connectivity index is 2.33. The SMILES string of the molecule is CCc1ccc(NC(=O)[C@@H](C)N(c2ccc(OC)c(OC)c2)S(C)(=O)=O)cc1. The number of anilines is 2. The van der Waals surface area contributed by atoms with Gasteiger partial charge in [0, 0.05) is 11.8 Å². The first kappa shape index (κ1) is 21.6. The van der Waals surface area contributed by atoms with Crippen LogP contribution in [0.25, 0.3) is 0 Å². The minimum absolute atomic E-state index is 0.309. The van der Waals surface area contributed by atoms with Crippen molar-refractivity contribution >= 4 is 27.3 Å². The van der Waals surface area contributed by atoms with Crippen molar-refractivity contribution in [2.45, 2.75) is 26.3 Å². The molecule has 2 rings (SSSR count). The molecule has 2 aromatic rings. The van der Waals surface area contributed by atoms with Crippen LogP contribution >= 0.6 is 0 Å². The maximum atomic E-state index is 12.7. The maximum Gasteiger partial charge on any atom is 0.247 e. The number of hydrogen-bond donors (Lipinski definition) is 1. The van der Waals surface area contributed by atoms with Gasteiger partial charge >= 0.3 is 0 Å². The van der Waals surface area contributed by atoms with Crippen molar-refractivity contribution in [2.75, 3.05) is 30.1 Å². The molecule has 0 aliphatic rings. The summed E-state index contributed by atoms with van der Waals surface area (Å²) in [6, 6.07) is 11.2. The smallest absolute Gasteiger partial charge is 0.247 e. The Hall–Kier alpha value is -2.74. The molecule has 0 heterocycles. The predicted octanol–water partition coefficient (Wildman–Crippen LogP) is 3.06. The summed E-state index contributed by atoms with van der Waals surface area (Å²) in [5.41, 5.74) is 2.06. The van der Waals surface area contributed by atoms with Gasteiger partial charge in [0.05, 0.1) is 26.2 Å². The molecule has 0 saturated carbocycles. The summed E-state index contributed by atoms with van der Waals surface area (Å²) in [5.74, 6) is 0.397. The second kappa shape index (κ2) is 8.97. The highest BCUT2D eigenvalue weighted by molar-refractivity contribution is 7.92. The lowest BCUT2D eigenvalue weighted by atomic mass is 10.1. The number of nitrogens with zero attached hydrogens (tertiary/aromatic N) is 1. The standard InChI is InChI=1S/C20H26N2O5S/c1-6-15-7-9-16(10-8-15)21-20(23)14(2)22(28(5,24)25)17-11-12-18(26-3)19(13-17)27-4/h7-14H,6H2,1-5H3,(H,21,23)/t14-/m1/s1. The molecule has 1 atom stereocenters. The fourth-order valence-corrected chi connectivity index (χ4v) is 4.01. The van der Waals surface area contributed by atoms with E-state index in [9.17, 15) is 13.2 Å². The van der Waals surface area contributed by atoms with E-state index in [1.165, 1.54) is 27.2 Å². The van der Waals surface area contributed by atoms with Crippen molar-refractivity contribution in [1.82, 2.24) is 0 Å². The van der Waals surface area contributed by atoms with Gasteiger partial charge in [0.25, 0.3) is 0 Å². The Morgan fingerprint density at radius 1 is 1.07 bits per heavy atom. The highest BCUT2D eigenvalue weighted by Gasteiger charge is 2.30. The maximum absolute atomic E-state index is 12.7. The van der Waals surface area contributed by atoms with Gasteiger partial charge in [-0.25, -0.2) is 8.42 Å². The van der Waals surface area contributed by atoms with Crippen molar-refractivity contribution in [3.05, 3.63) is 48.0 Å². The number of benzene rings is 2. The van der Waals surface area contributed by atoms with Gasteiger partial charge in [-0.1, -0.05) is 19.1 Å². The number of aryl methyl sites for hydroxylation is 1. The van der Waals surface area contributed by atoms with Gasteiger partial charge in [0.1, 0.15) is 6.04 Å². The number of rotatable bonds is 8. The first-order chi connectivity index (χ1) is 13.2. The lowest BCUT2D eigenvalue weighted by Crippen LogP contribution is -2.45. The summed E-state index contributed by atoms with van der Waals surface area (Å²) in [6.45, 7) is 3.58. The summed E-state index contributed by atoms with van der Waals surface area (Å²) in [4.78, 5) is 12.7. The van der Waals surface area contributed by atoms with Gasteiger partial charge in [0.2, 0.25) is 15.9 Å². The third-order valence-electron chi connectivity index (χ3n) is 4.34. The highest BCUT2D eigenvalue weighted by Crippen LogP contribution is 2.33. The van der Waals surface area contributed by atoms with E-state index in [1.807, 2.05) is 19.1 Å². The van der Waals surface area contributed by atoms with Crippen molar-refractivity contribution in [2.24, 2.45) is 0 Å². The molecular weight excluding hydrogens is 380 g/mol. The summed E-state index contributed by atoms with van der Waals surface area (Å²) in [5, 5.41) is 2.77. The average Bonchev–Trinajstić information content (AvgIpc) is 2.67. The molecule has 0 bridgehead atoms. The summed E-state index contributed by atoms with van der Waals surface area (Å²) in [7, 11) is -0.781. The topological polar surface area (TPSA) is 84.9 Å². The van der Waals surface area contributed by atoms with Gasteiger partial charge in [-0.3, -0.25) is 9.10 Å². The minimum atomic E-state index is -3.73. The van der Waals surface area contributed by atoms with Crippen LogP contribution in [-0.2, 0) is 21.2 Å². The fraction of sp³-hybridized carbons (Fsp3) is 0.350. The van der Waals surface area contributed by atoms with E-state index in [-0.39, 0.29) is 0 Å². The summed E-state index contributed by atoms with van der Waals surface area (Å²) >= 11 is 0. The number of sulfonamides is 1. The van der Waals surface area contributed by atoms with Crippen LogP contribution in [0.1, 0.15) is 19.4 Å². The molecule has 152 valence electrons. The molecule has 0 unspecified atom stereocenters. The van der Waals surface area contributed by atoms with Crippen LogP contribution in [0.2, 0.25) is 0 Å². The zero-order chi connectivity index (χ0) is 20.9. The fourth-order valence-electron chi connectivity index (χ4n) is 2.84. The van der Waals surface area contributed by atoms with E-state index in [4.69, 9.17) is 9.47 Å². The molecule has 1 N–H and O–H groups in total. The number of carbonyl (C=O) groups excluding carboxylic acids is 1. The zero-order valence-corrected chi connectivity index (χ0v) is 17.5. The predicted molar refractivity (Wildman–Crippen MR) is 111 cm³/mol. The Labute approximate surface area is 166 Å². The highest BCUT2D eigenvalue weighted by atomic mass is 32.2. The lowest BCUT2D eigenvalue weighted by Gasteiger charge is -2.28. The van der Waals surface area contributed by atoms with Gasteiger partial charge in [-0.15, -0.1) is 0 Å². The zero-order valence-electron chi connectivity index (χ0n) is 16.7. The molecule has 1 amide bonds. The summed E-state index contributed by atoms with van der Waals surface area (Å²) in [6.07, 6.45) is 1.95. The third kappa shape index (κ3) is 4.95. The largest absolute Gasteiger partial charge is 0.493 e. The molecule has 0 fully saturated rings. The van der Waals surface area contributed by atoms with E-state index >= 15 is 0 Å². The van der Waals surface area contributed by atoms with E-state index in [2.05, 4.69) is 5.32 Å². The van der Waals surface area contributed by atoms with Crippen LogP contribution in [0.3, 0.4) is 0 Å². The van der Waals surface area contributed by atoms with E-state index < -0.39 is 22.0 Å². The molecule has 0 spiro atoms. The van der Waals surface area contributed by atoms with Crippen LogP contribution in [-0.4, -0.2) is 40.8 Å². The Morgan fingerprint density at radius 2 is 1.68 bits per heavy atom. The van der Waals surface area contributed by atoms with Gasteiger partial charge in [-0.2, -0.15) is 0 Å². The van der Waals surface area contributed by atoms with Crippen LogP contribution in [0, 0.1) is 0 Å². The normalized spacial score (nSPS) is 12.2. The number of amides is 1. The molecule has 0 saturated heterocycles. The molecule has 0 radical (unpaired) electrons.